The SMILES string of the molecule is Bc1ccc2c(c1)c1ccccc1n2-c1ccc2ccccc2c1. The van der Waals surface area contributed by atoms with Gasteiger partial charge in [0.15, 0.2) is 0 Å². The molecule has 0 bridgehead atoms. The molecule has 112 valence electrons. The summed E-state index contributed by atoms with van der Waals surface area (Å²) in [5.74, 6) is 0. The van der Waals surface area contributed by atoms with Crippen LogP contribution < -0.4 is 5.46 Å². The molecule has 2 heteroatoms. The van der Waals surface area contributed by atoms with Crippen LogP contribution in [0.4, 0.5) is 0 Å². The summed E-state index contributed by atoms with van der Waals surface area (Å²) in [7, 11) is 2.15. The molecule has 0 spiro atoms. The van der Waals surface area contributed by atoms with Gasteiger partial charge in [0.25, 0.3) is 0 Å². The highest BCUT2D eigenvalue weighted by atomic mass is 15.0. The van der Waals surface area contributed by atoms with Crippen molar-refractivity contribution in [3.63, 3.8) is 0 Å². The van der Waals surface area contributed by atoms with Gasteiger partial charge >= 0.3 is 0 Å². The first-order valence-corrected chi connectivity index (χ1v) is 8.30. The van der Waals surface area contributed by atoms with Crippen molar-refractivity contribution in [3.05, 3.63) is 84.9 Å². The number of aromatic nitrogens is 1. The molecule has 5 aromatic rings. The molecule has 1 nitrogen and oxygen atoms in total. The topological polar surface area (TPSA) is 4.93 Å². The van der Waals surface area contributed by atoms with Gasteiger partial charge in [-0.25, -0.2) is 0 Å². The molecule has 0 fully saturated rings. The van der Waals surface area contributed by atoms with Gasteiger partial charge in [-0.15, -0.1) is 0 Å². The van der Waals surface area contributed by atoms with Gasteiger partial charge in [-0.3, -0.25) is 0 Å². The maximum atomic E-state index is 2.37. The summed E-state index contributed by atoms with van der Waals surface area (Å²) in [6, 6.07) is 30.6. The molecule has 0 radical (unpaired) electrons. The van der Waals surface area contributed by atoms with Crippen LogP contribution in [0.5, 0.6) is 0 Å². The summed E-state index contributed by atoms with van der Waals surface area (Å²) in [6.07, 6.45) is 0. The van der Waals surface area contributed by atoms with Crippen LogP contribution in [-0.2, 0) is 0 Å². The van der Waals surface area contributed by atoms with Gasteiger partial charge in [-0.1, -0.05) is 66.1 Å². The zero-order chi connectivity index (χ0) is 16.1. The van der Waals surface area contributed by atoms with Crippen molar-refractivity contribution < 1.29 is 0 Å². The lowest BCUT2D eigenvalue weighted by Crippen LogP contribution is -2.00. The highest BCUT2D eigenvalue weighted by Crippen LogP contribution is 2.32. The molecule has 0 unspecified atom stereocenters. The summed E-state index contributed by atoms with van der Waals surface area (Å²) in [4.78, 5) is 0. The minimum atomic E-state index is 1.21. The lowest BCUT2D eigenvalue weighted by Gasteiger charge is -2.09. The van der Waals surface area contributed by atoms with E-state index in [-0.39, 0.29) is 0 Å². The monoisotopic (exact) mass is 305 g/mol. The maximum Gasteiger partial charge on any atom is 0.139 e. The van der Waals surface area contributed by atoms with Gasteiger partial charge in [-0.2, -0.15) is 0 Å². The van der Waals surface area contributed by atoms with Crippen molar-refractivity contribution in [1.29, 1.82) is 0 Å². The molecule has 0 saturated carbocycles. The fourth-order valence-electron chi connectivity index (χ4n) is 3.68. The van der Waals surface area contributed by atoms with Crippen LogP contribution in [0.15, 0.2) is 84.9 Å². The van der Waals surface area contributed by atoms with Crippen molar-refractivity contribution >= 4 is 45.9 Å². The molecule has 0 aliphatic rings. The van der Waals surface area contributed by atoms with Gasteiger partial charge in [0.05, 0.1) is 11.0 Å². The molecule has 0 amide bonds. The molecule has 1 heterocycles. The fourth-order valence-corrected chi connectivity index (χ4v) is 3.68. The van der Waals surface area contributed by atoms with Crippen molar-refractivity contribution in [2.75, 3.05) is 0 Å². The van der Waals surface area contributed by atoms with Crippen molar-refractivity contribution in [1.82, 2.24) is 4.57 Å². The molecule has 1 aromatic heterocycles. The van der Waals surface area contributed by atoms with E-state index in [4.69, 9.17) is 0 Å². The standard InChI is InChI=1S/C22H16BN/c23-17-10-12-22-20(14-17)19-7-3-4-8-21(19)24(22)18-11-9-15-5-1-2-6-16(15)13-18/h1-14H,23H2. The maximum absolute atomic E-state index is 2.37. The highest BCUT2D eigenvalue weighted by molar-refractivity contribution is 6.33. The Balaban J connectivity index is 1.92. The summed E-state index contributed by atoms with van der Waals surface area (Å²) in [6.45, 7) is 0. The summed E-state index contributed by atoms with van der Waals surface area (Å²) in [5.41, 5.74) is 5.03. The van der Waals surface area contributed by atoms with E-state index in [9.17, 15) is 0 Å². The quantitative estimate of drug-likeness (QED) is 0.409. The first-order chi connectivity index (χ1) is 11.8. The van der Waals surface area contributed by atoms with Gasteiger partial charge in [0, 0.05) is 16.5 Å². The van der Waals surface area contributed by atoms with E-state index in [0.29, 0.717) is 0 Å². The van der Waals surface area contributed by atoms with Crippen molar-refractivity contribution in [3.8, 4) is 5.69 Å². The van der Waals surface area contributed by atoms with E-state index in [1.165, 1.54) is 43.7 Å². The van der Waals surface area contributed by atoms with Gasteiger partial charge < -0.3 is 4.57 Å². The molecule has 5 rings (SSSR count). The molecule has 0 aliphatic carbocycles. The number of hydrogen-bond donors (Lipinski definition) is 0. The second-order valence-electron chi connectivity index (χ2n) is 6.40. The van der Waals surface area contributed by atoms with E-state index in [1.54, 1.807) is 0 Å². The number of hydrogen-bond acceptors (Lipinski definition) is 0. The number of rotatable bonds is 1. The van der Waals surface area contributed by atoms with Crippen LogP contribution >= 0.6 is 0 Å². The molecule has 0 N–H and O–H groups in total. The van der Waals surface area contributed by atoms with Crippen LogP contribution in [0.25, 0.3) is 38.3 Å². The third kappa shape index (κ3) is 1.90. The predicted octanol–water partition coefficient (Wildman–Crippen LogP) is 4.20. The van der Waals surface area contributed by atoms with Crippen LogP contribution in [0.1, 0.15) is 0 Å². The molecular weight excluding hydrogens is 289 g/mol. The van der Waals surface area contributed by atoms with E-state index in [0.717, 1.165) is 0 Å². The number of nitrogens with zero attached hydrogens (tertiary/aromatic N) is 1. The fraction of sp³-hybridized carbons (Fsp3) is 0. The molecule has 24 heavy (non-hydrogen) atoms. The lowest BCUT2D eigenvalue weighted by molar-refractivity contribution is 1.19. The zero-order valence-electron chi connectivity index (χ0n) is 13.5. The van der Waals surface area contributed by atoms with Crippen LogP contribution in [0, 0.1) is 0 Å². The normalized spacial score (nSPS) is 11.5. The third-order valence-electron chi connectivity index (χ3n) is 4.82. The largest absolute Gasteiger partial charge is 0.309 e. The molecule has 4 aromatic carbocycles. The van der Waals surface area contributed by atoms with E-state index < -0.39 is 0 Å². The Hall–Kier alpha value is -3.00. The average Bonchev–Trinajstić information content (AvgIpc) is 2.95. The minimum absolute atomic E-state index is 1.21. The van der Waals surface area contributed by atoms with Gasteiger partial charge in [0.2, 0.25) is 0 Å². The van der Waals surface area contributed by atoms with E-state index >= 15 is 0 Å². The second kappa shape index (κ2) is 5.00. The zero-order valence-corrected chi connectivity index (χ0v) is 13.5. The molecule has 0 saturated heterocycles. The lowest BCUT2D eigenvalue weighted by atomic mass is 9.94. The Morgan fingerprint density at radius 1 is 0.583 bits per heavy atom. The smallest absolute Gasteiger partial charge is 0.139 e. The highest BCUT2D eigenvalue weighted by Gasteiger charge is 2.11. The number of para-hydroxylation sites is 1. The van der Waals surface area contributed by atoms with Gasteiger partial charge in [-0.05, 0) is 35.0 Å². The Morgan fingerprint density at radius 2 is 1.33 bits per heavy atom. The summed E-state index contributed by atoms with van der Waals surface area (Å²) in [5, 5.41) is 5.18. The molecular formula is C22H16BN. The van der Waals surface area contributed by atoms with Gasteiger partial charge in [0.1, 0.15) is 7.85 Å². The second-order valence-corrected chi connectivity index (χ2v) is 6.40. The third-order valence-corrected chi connectivity index (χ3v) is 4.82. The Kier molecular flexibility index (Phi) is 2.80. The molecule has 0 aliphatic heterocycles. The first kappa shape index (κ1) is 13.4. The minimum Gasteiger partial charge on any atom is -0.309 e. The summed E-state index contributed by atoms with van der Waals surface area (Å²) >= 11 is 0. The van der Waals surface area contributed by atoms with Crippen molar-refractivity contribution in [2.24, 2.45) is 0 Å². The van der Waals surface area contributed by atoms with Crippen LogP contribution in [-0.4, -0.2) is 12.4 Å². The first-order valence-electron chi connectivity index (χ1n) is 8.30. The Morgan fingerprint density at radius 3 is 2.25 bits per heavy atom. The van der Waals surface area contributed by atoms with Crippen LogP contribution in [0.2, 0.25) is 0 Å². The van der Waals surface area contributed by atoms with E-state index in [2.05, 4.69) is 97.3 Å². The average molecular weight is 305 g/mol. The Labute approximate surface area is 141 Å². The molecule has 0 atom stereocenters. The summed E-state index contributed by atoms with van der Waals surface area (Å²) < 4.78 is 2.37. The number of fused-ring (bicyclic) bond motifs is 4. The van der Waals surface area contributed by atoms with E-state index in [1.807, 2.05) is 0 Å². The predicted molar refractivity (Wildman–Crippen MR) is 106 cm³/mol. The van der Waals surface area contributed by atoms with Crippen molar-refractivity contribution in [2.45, 2.75) is 0 Å². The van der Waals surface area contributed by atoms with Crippen LogP contribution in [0.3, 0.4) is 0 Å². The Bertz CT molecular complexity index is 1220. The number of benzene rings is 4.